The molecule has 0 saturated carbocycles. The second-order valence-corrected chi connectivity index (χ2v) is 28.8. The minimum atomic E-state index is 1.20. The highest BCUT2D eigenvalue weighted by molar-refractivity contribution is 7.29. The molecule has 0 aliphatic rings. The van der Waals surface area contributed by atoms with Gasteiger partial charge in [-0.3, -0.25) is 0 Å². The third-order valence-corrected chi connectivity index (χ3v) is 23.1. The summed E-state index contributed by atoms with van der Waals surface area (Å²) in [5, 5.41) is 10.5. The smallest absolute Gasteiger partial charge is 0.0728 e. The molecule has 4 nitrogen and oxygen atoms in total. The van der Waals surface area contributed by atoms with E-state index in [0.29, 0.717) is 0 Å². The second-order valence-electron chi connectivity index (χ2n) is 24.6. The van der Waals surface area contributed by atoms with Crippen LogP contribution in [0.25, 0.3) is 172 Å². The van der Waals surface area contributed by atoms with E-state index in [1.807, 2.05) is 45.3 Å². The van der Waals surface area contributed by atoms with Crippen LogP contribution in [-0.4, -0.2) is 18.3 Å². The Morgan fingerprint density at radius 2 is 0.446 bits per heavy atom. The van der Waals surface area contributed by atoms with Crippen LogP contribution in [0.1, 0.15) is 72.2 Å². The average molecular weight is 1260 g/mol. The van der Waals surface area contributed by atoms with Crippen molar-refractivity contribution >= 4 is 194 Å². The van der Waals surface area contributed by atoms with E-state index in [2.05, 4.69) is 316 Å². The number of aryl methyl sites for hydroxylation is 4. The van der Waals surface area contributed by atoms with Gasteiger partial charge in [0.05, 0.1) is 62.9 Å². The first-order valence-corrected chi connectivity index (χ1v) is 34.9. The van der Waals surface area contributed by atoms with Gasteiger partial charge in [0.15, 0.2) is 0 Å². The van der Waals surface area contributed by atoms with Gasteiger partial charge in [-0.2, -0.15) is 0 Å². The lowest BCUT2D eigenvalue weighted by atomic mass is 10.1. The van der Waals surface area contributed by atoms with Gasteiger partial charge in [0, 0.05) is 84.6 Å². The zero-order valence-corrected chi connectivity index (χ0v) is 55.8. The largest absolute Gasteiger partial charge is 0.308 e. The molecule has 0 unspecified atom stereocenters. The van der Waals surface area contributed by atoms with Crippen molar-refractivity contribution in [2.45, 2.75) is 55.4 Å². The Labute approximate surface area is 549 Å². The summed E-state index contributed by atoms with van der Waals surface area (Å²) in [6.07, 6.45) is 17.2. The monoisotopic (exact) mass is 1260 g/mol. The van der Waals surface area contributed by atoms with Gasteiger partial charge in [-0.1, -0.05) is 168 Å². The SMILES string of the molecule is C/C=C/c1ccc2c3sc4cc5c(cc4c3n(-c3ccc(C)cc3)c2c1)sc1c2ccc(/C=C/C)cc2n(-c2ccc(C)cc2)c51.C/C=C/c1ccc2c3sc4cc5c(cc4c3n(-c3ccc(C)cc3)c2c1)sc1c2ccc(/C=C/C)cc2n(-c2ccc(C)cc2)c51. The summed E-state index contributed by atoms with van der Waals surface area (Å²) in [6.45, 7) is 17.0. The zero-order chi connectivity index (χ0) is 62.2. The van der Waals surface area contributed by atoms with Gasteiger partial charge in [-0.05, 0) is 175 Å². The molecule has 0 atom stereocenters. The van der Waals surface area contributed by atoms with Gasteiger partial charge in [0.2, 0.25) is 0 Å². The molecule has 0 aliphatic heterocycles. The van der Waals surface area contributed by atoms with Crippen molar-refractivity contribution in [3.8, 4) is 22.7 Å². The number of benzene rings is 10. The molecule has 8 heteroatoms. The van der Waals surface area contributed by atoms with Crippen molar-refractivity contribution in [3.63, 3.8) is 0 Å². The number of rotatable bonds is 8. The number of nitrogens with zero attached hydrogens (tertiary/aromatic N) is 4. The number of thiophene rings is 4. The lowest BCUT2D eigenvalue weighted by molar-refractivity contribution is 1.18. The third-order valence-electron chi connectivity index (χ3n) is 18.4. The van der Waals surface area contributed by atoms with E-state index in [0.717, 1.165) is 0 Å². The number of aromatic nitrogens is 4. The Bertz CT molecular complexity index is 5410. The topological polar surface area (TPSA) is 19.7 Å². The summed E-state index contributed by atoms with van der Waals surface area (Å²) < 4.78 is 20.6. The summed E-state index contributed by atoms with van der Waals surface area (Å²) in [5.74, 6) is 0. The van der Waals surface area contributed by atoms with Gasteiger partial charge in [-0.15, -0.1) is 45.3 Å². The lowest BCUT2D eigenvalue weighted by Gasteiger charge is -2.10. The lowest BCUT2D eigenvalue weighted by Crippen LogP contribution is -1.94. The fourth-order valence-corrected chi connectivity index (χ4v) is 19.1. The number of hydrogen-bond acceptors (Lipinski definition) is 4. The summed E-state index contributed by atoms with van der Waals surface area (Å²) in [5.41, 5.74) is 25.0. The molecular formula is C84H64N4S4. The first-order valence-electron chi connectivity index (χ1n) is 31.7. The predicted octanol–water partition coefficient (Wildman–Crippen LogP) is 26.0. The molecule has 444 valence electrons. The molecular weight excluding hydrogens is 1190 g/mol. The van der Waals surface area contributed by atoms with Crippen molar-refractivity contribution in [1.29, 1.82) is 0 Å². The van der Waals surface area contributed by atoms with Crippen LogP contribution in [0.2, 0.25) is 0 Å². The molecule has 0 spiro atoms. The van der Waals surface area contributed by atoms with Gasteiger partial charge in [0.25, 0.3) is 0 Å². The van der Waals surface area contributed by atoms with Crippen LogP contribution in [0.5, 0.6) is 0 Å². The van der Waals surface area contributed by atoms with Crippen LogP contribution in [-0.2, 0) is 0 Å². The molecule has 92 heavy (non-hydrogen) atoms. The maximum absolute atomic E-state index is 2.49. The molecule has 0 aliphatic carbocycles. The van der Waals surface area contributed by atoms with E-state index in [-0.39, 0.29) is 0 Å². The third kappa shape index (κ3) is 8.87. The maximum Gasteiger partial charge on any atom is 0.0728 e. The van der Waals surface area contributed by atoms with Crippen LogP contribution >= 0.6 is 45.3 Å². The van der Waals surface area contributed by atoms with Crippen LogP contribution in [0.4, 0.5) is 0 Å². The van der Waals surface area contributed by atoms with Crippen molar-refractivity contribution in [3.05, 3.63) is 263 Å². The van der Waals surface area contributed by atoms with E-state index in [1.165, 1.54) is 192 Å². The molecule has 0 N–H and O–H groups in total. The first-order chi connectivity index (χ1) is 45.0. The standard InChI is InChI=1S/2C42H32N2S2/c2*1-5-7-27-13-19-31-35(21-27)43(29-15-9-25(3)10-16-29)39-33-23-38-34(24-37(33)45-41(31)39)40-42(46-38)32-20-14-28(8-6-2)22-36(32)44(40)30-17-11-26(4)12-18-30/h2*5-24H,1-4H3/b2*7-5+,8-6+. The van der Waals surface area contributed by atoms with Crippen molar-refractivity contribution in [1.82, 2.24) is 18.3 Å². The average Bonchev–Trinajstić information content (AvgIpc) is 1.55. The van der Waals surface area contributed by atoms with Gasteiger partial charge in [0.1, 0.15) is 0 Å². The van der Waals surface area contributed by atoms with Crippen LogP contribution in [0, 0.1) is 27.7 Å². The Morgan fingerprint density at radius 3 is 0.641 bits per heavy atom. The van der Waals surface area contributed by atoms with Crippen LogP contribution < -0.4 is 0 Å². The molecule has 0 fully saturated rings. The fraction of sp³-hybridized carbons (Fsp3) is 0.0952. The molecule has 0 bridgehead atoms. The van der Waals surface area contributed by atoms with E-state index in [4.69, 9.17) is 0 Å². The Kier molecular flexibility index (Phi) is 13.4. The Balaban J connectivity index is 0.000000141. The summed E-state index contributed by atoms with van der Waals surface area (Å²) in [6, 6.07) is 73.3. The summed E-state index contributed by atoms with van der Waals surface area (Å²) in [4.78, 5) is 0. The van der Waals surface area contributed by atoms with Crippen LogP contribution in [0.15, 0.2) is 218 Å². The Hall–Kier alpha value is -9.80. The molecule has 10 aromatic carbocycles. The number of fused-ring (bicyclic) bond motifs is 20. The van der Waals surface area contributed by atoms with Crippen molar-refractivity contribution in [2.75, 3.05) is 0 Å². The summed E-state index contributed by atoms with van der Waals surface area (Å²) >= 11 is 7.69. The second kappa shape index (κ2) is 22.0. The first kappa shape index (κ1) is 56.2. The van der Waals surface area contributed by atoms with Crippen molar-refractivity contribution < 1.29 is 0 Å². The molecule has 18 rings (SSSR count). The van der Waals surface area contributed by atoms with Gasteiger partial charge >= 0.3 is 0 Å². The minimum absolute atomic E-state index is 1.20. The van der Waals surface area contributed by atoms with E-state index >= 15 is 0 Å². The minimum Gasteiger partial charge on any atom is -0.308 e. The van der Waals surface area contributed by atoms with Gasteiger partial charge in [-0.25, -0.2) is 0 Å². The van der Waals surface area contributed by atoms with Crippen LogP contribution in [0.3, 0.4) is 0 Å². The van der Waals surface area contributed by atoms with E-state index in [9.17, 15) is 0 Å². The van der Waals surface area contributed by atoms with E-state index in [1.54, 1.807) is 0 Å². The quantitative estimate of drug-likeness (QED) is 0.144. The molecule has 0 radical (unpaired) electrons. The molecule has 18 aromatic rings. The molecule has 8 heterocycles. The molecule has 0 saturated heterocycles. The molecule has 8 aromatic heterocycles. The highest BCUT2D eigenvalue weighted by Gasteiger charge is 2.26. The normalized spacial score (nSPS) is 12.6. The summed E-state index contributed by atoms with van der Waals surface area (Å²) in [7, 11) is 0. The number of hydrogen-bond donors (Lipinski definition) is 0. The van der Waals surface area contributed by atoms with Crippen molar-refractivity contribution in [2.24, 2.45) is 0 Å². The predicted molar refractivity (Wildman–Crippen MR) is 410 cm³/mol. The molecule has 0 amide bonds. The zero-order valence-electron chi connectivity index (χ0n) is 52.5. The van der Waals surface area contributed by atoms with E-state index < -0.39 is 0 Å². The Morgan fingerprint density at radius 1 is 0.239 bits per heavy atom. The highest BCUT2D eigenvalue weighted by Crippen LogP contribution is 2.51. The highest BCUT2D eigenvalue weighted by atomic mass is 32.1. The maximum atomic E-state index is 2.49. The number of allylic oxidation sites excluding steroid dienone is 4. The van der Waals surface area contributed by atoms with Gasteiger partial charge < -0.3 is 18.3 Å². The fourth-order valence-electron chi connectivity index (χ4n) is 14.2.